The number of sulfonamides is 1. The molecule has 0 unspecified atom stereocenters. The van der Waals surface area contributed by atoms with Crippen LogP contribution in [0.2, 0.25) is 0 Å². The number of aryl methyl sites for hydroxylation is 2. The predicted octanol–water partition coefficient (Wildman–Crippen LogP) is 0.884. The van der Waals surface area contributed by atoms with Gasteiger partial charge in [-0.2, -0.15) is 0 Å². The first-order chi connectivity index (χ1) is 9.92. The van der Waals surface area contributed by atoms with Gasteiger partial charge in [0.05, 0.1) is 18.8 Å². The molecule has 0 spiro atoms. The summed E-state index contributed by atoms with van der Waals surface area (Å²) in [5, 5.41) is 2.91. The molecule has 0 saturated carbocycles. The van der Waals surface area contributed by atoms with Crippen LogP contribution in [0.4, 0.5) is 0 Å². The van der Waals surface area contributed by atoms with Crippen LogP contribution in [0.15, 0.2) is 27.6 Å². The number of nitrogens with zero attached hydrogens (tertiary/aromatic N) is 2. The van der Waals surface area contributed by atoms with Gasteiger partial charge in [0.2, 0.25) is 10.0 Å². The first-order valence-corrected chi connectivity index (χ1v) is 7.93. The van der Waals surface area contributed by atoms with Crippen molar-refractivity contribution in [1.82, 2.24) is 20.0 Å². The smallest absolute Gasteiger partial charge is 0.244 e. The molecule has 0 aliphatic carbocycles. The van der Waals surface area contributed by atoms with E-state index >= 15 is 0 Å². The molecule has 0 fully saturated rings. The lowest BCUT2D eigenvalue weighted by Crippen LogP contribution is -2.24. The minimum atomic E-state index is -3.63. The van der Waals surface area contributed by atoms with Crippen molar-refractivity contribution in [2.24, 2.45) is 0 Å². The third-order valence-corrected chi connectivity index (χ3v) is 4.35. The normalized spacial score (nSPS) is 11.8. The van der Waals surface area contributed by atoms with Crippen LogP contribution in [0.25, 0.3) is 0 Å². The van der Waals surface area contributed by atoms with Crippen molar-refractivity contribution in [3.8, 4) is 0 Å². The molecule has 0 radical (unpaired) electrons. The molecule has 2 heterocycles. The maximum atomic E-state index is 12.3. The fourth-order valence-corrected chi connectivity index (χ4v) is 3.10. The van der Waals surface area contributed by atoms with Crippen molar-refractivity contribution in [1.29, 1.82) is 0 Å². The lowest BCUT2D eigenvalue weighted by molar-refractivity contribution is 0.465. The van der Waals surface area contributed by atoms with Crippen LogP contribution in [-0.2, 0) is 23.1 Å². The van der Waals surface area contributed by atoms with Gasteiger partial charge < -0.3 is 9.73 Å². The van der Waals surface area contributed by atoms with E-state index in [4.69, 9.17) is 4.42 Å². The van der Waals surface area contributed by atoms with Crippen LogP contribution in [-0.4, -0.2) is 25.4 Å². The molecule has 0 aliphatic heterocycles. The van der Waals surface area contributed by atoms with Gasteiger partial charge in [-0.25, -0.2) is 23.1 Å². The highest BCUT2D eigenvalue weighted by molar-refractivity contribution is 7.89. The van der Waals surface area contributed by atoms with Crippen molar-refractivity contribution < 1.29 is 12.8 Å². The molecular weight excluding hydrogens is 292 g/mol. The van der Waals surface area contributed by atoms with E-state index < -0.39 is 10.0 Å². The average molecular weight is 310 g/mol. The van der Waals surface area contributed by atoms with E-state index in [0.29, 0.717) is 29.6 Å². The highest BCUT2D eigenvalue weighted by Crippen LogP contribution is 2.20. The monoisotopic (exact) mass is 310 g/mol. The Labute approximate surface area is 123 Å². The van der Waals surface area contributed by atoms with Crippen molar-refractivity contribution in [3.63, 3.8) is 0 Å². The molecule has 0 amide bonds. The summed E-state index contributed by atoms with van der Waals surface area (Å²) in [6.45, 7) is 3.96. The van der Waals surface area contributed by atoms with Crippen LogP contribution in [0, 0.1) is 13.8 Å². The molecule has 114 valence electrons. The van der Waals surface area contributed by atoms with Crippen molar-refractivity contribution >= 4 is 10.0 Å². The van der Waals surface area contributed by atoms with E-state index in [1.807, 2.05) is 0 Å². The van der Waals surface area contributed by atoms with Crippen LogP contribution in [0.5, 0.6) is 0 Å². The highest BCUT2D eigenvalue weighted by atomic mass is 32.2. The molecule has 0 aromatic carbocycles. The zero-order valence-corrected chi connectivity index (χ0v) is 13.0. The Hall–Kier alpha value is -1.77. The molecule has 0 saturated heterocycles. The number of aromatic nitrogens is 2. The van der Waals surface area contributed by atoms with E-state index in [1.54, 1.807) is 33.2 Å². The Balaban J connectivity index is 2.15. The number of nitrogens with one attached hydrogen (secondary N) is 2. The summed E-state index contributed by atoms with van der Waals surface area (Å²) in [5.74, 6) is 1.54. The second kappa shape index (κ2) is 6.33. The van der Waals surface area contributed by atoms with Crippen LogP contribution < -0.4 is 10.0 Å². The topological polar surface area (TPSA) is 97.1 Å². The van der Waals surface area contributed by atoms with Gasteiger partial charge in [0.1, 0.15) is 22.2 Å². The summed E-state index contributed by atoms with van der Waals surface area (Å²) in [4.78, 5) is 8.28. The minimum absolute atomic E-state index is 0.109. The van der Waals surface area contributed by atoms with E-state index in [1.165, 1.54) is 6.07 Å². The number of hydrogen-bond donors (Lipinski definition) is 2. The highest BCUT2D eigenvalue weighted by Gasteiger charge is 2.21. The first-order valence-electron chi connectivity index (χ1n) is 6.44. The summed E-state index contributed by atoms with van der Waals surface area (Å²) in [6.07, 6.45) is 1.60. The summed E-state index contributed by atoms with van der Waals surface area (Å²) in [5.41, 5.74) is 0.614. The third-order valence-electron chi connectivity index (χ3n) is 2.84. The van der Waals surface area contributed by atoms with Gasteiger partial charge in [-0.05, 0) is 27.0 Å². The zero-order chi connectivity index (χ0) is 15.5. The van der Waals surface area contributed by atoms with Crippen molar-refractivity contribution in [2.75, 3.05) is 7.05 Å². The van der Waals surface area contributed by atoms with Crippen LogP contribution >= 0.6 is 0 Å². The summed E-state index contributed by atoms with van der Waals surface area (Å²) in [7, 11) is -1.87. The van der Waals surface area contributed by atoms with Gasteiger partial charge in [0.15, 0.2) is 0 Å². The molecule has 2 aromatic rings. The largest absolute Gasteiger partial charge is 0.464 e. The molecule has 8 heteroatoms. The number of hydrogen-bond acceptors (Lipinski definition) is 6. The SMILES string of the molecule is CNCc1cc(S(=O)(=O)NCc2ccnc(C)n2)c(C)o1. The molecule has 7 nitrogen and oxygen atoms in total. The second-order valence-electron chi connectivity index (χ2n) is 4.58. The molecule has 2 aromatic heterocycles. The zero-order valence-electron chi connectivity index (χ0n) is 12.2. The summed E-state index contributed by atoms with van der Waals surface area (Å²) >= 11 is 0. The fourth-order valence-electron chi connectivity index (χ4n) is 1.90. The second-order valence-corrected chi connectivity index (χ2v) is 6.32. The minimum Gasteiger partial charge on any atom is -0.464 e. The summed E-state index contributed by atoms with van der Waals surface area (Å²) < 4.78 is 32.5. The van der Waals surface area contributed by atoms with Gasteiger partial charge in [0.25, 0.3) is 0 Å². The number of rotatable bonds is 6. The van der Waals surface area contributed by atoms with Gasteiger partial charge in [0, 0.05) is 12.3 Å². The van der Waals surface area contributed by atoms with Gasteiger partial charge in [-0.15, -0.1) is 0 Å². The Morgan fingerprint density at radius 1 is 1.29 bits per heavy atom. The first kappa shape index (κ1) is 15.6. The lowest BCUT2D eigenvalue weighted by Gasteiger charge is -2.05. The Morgan fingerprint density at radius 2 is 2.05 bits per heavy atom. The van der Waals surface area contributed by atoms with E-state index in [2.05, 4.69) is 20.0 Å². The third kappa shape index (κ3) is 3.87. The predicted molar refractivity (Wildman–Crippen MR) is 77.0 cm³/mol. The molecule has 21 heavy (non-hydrogen) atoms. The molecular formula is C13H18N4O3S. The van der Waals surface area contributed by atoms with Gasteiger partial charge in [-0.3, -0.25) is 0 Å². The van der Waals surface area contributed by atoms with Gasteiger partial charge in [-0.1, -0.05) is 0 Å². The average Bonchev–Trinajstić information content (AvgIpc) is 2.79. The Kier molecular flexibility index (Phi) is 4.71. The van der Waals surface area contributed by atoms with Crippen molar-refractivity contribution in [2.45, 2.75) is 31.8 Å². The standard InChI is InChI=1S/C13H18N4O3S/c1-9-13(6-12(20-9)8-14-3)21(18,19)16-7-11-4-5-15-10(2)17-11/h4-6,14,16H,7-8H2,1-3H3. The Bertz CT molecular complexity index is 725. The van der Waals surface area contributed by atoms with E-state index in [-0.39, 0.29) is 11.4 Å². The molecule has 2 N–H and O–H groups in total. The molecule has 2 rings (SSSR count). The molecule has 0 aliphatic rings. The number of furan rings is 1. The van der Waals surface area contributed by atoms with Crippen molar-refractivity contribution in [3.05, 3.63) is 41.4 Å². The van der Waals surface area contributed by atoms with E-state index in [0.717, 1.165) is 0 Å². The maximum Gasteiger partial charge on any atom is 0.244 e. The molecule has 0 atom stereocenters. The van der Waals surface area contributed by atoms with Crippen LogP contribution in [0.3, 0.4) is 0 Å². The lowest BCUT2D eigenvalue weighted by atomic mass is 10.4. The molecule has 0 bridgehead atoms. The fraction of sp³-hybridized carbons (Fsp3) is 0.385. The maximum absolute atomic E-state index is 12.3. The summed E-state index contributed by atoms with van der Waals surface area (Å²) in [6, 6.07) is 3.20. The van der Waals surface area contributed by atoms with Gasteiger partial charge >= 0.3 is 0 Å². The Morgan fingerprint density at radius 3 is 2.71 bits per heavy atom. The van der Waals surface area contributed by atoms with E-state index in [9.17, 15) is 8.42 Å². The van der Waals surface area contributed by atoms with Crippen LogP contribution in [0.1, 0.15) is 23.0 Å². The quantitative estimate of drug-likeness (QED) is 0.822.